The van der Waals surface area contributed by atoms with E-state index in [1.807, 2.05) is 17.5 Å². The number of thiophene rings is 1. The molecule has 0 aliphatic carbocycles. The van der Waals surface area contributed by atoms with Gasteiger partial charge in [-0.2, -0.15) is 0 Å². The number of carbonyl (C=O) groups excluding carboxylic acids is 2. The predicted molar refractivity (Wildman–Crippen MR) is 151 cm³/mol. The fourth-order valence-corrected chi connectivity index (χ4v) is 6.81. The minimum Gasteiger partial charge on any atom is -0.485 e. The van der Waals surface area contributed by atoms with Crippen LogP contribution in [0.1, 0.15) is 4.88 Å². The van der Waals surface area contributed by atoms with E-state index in [0.29, 0.717) is 16.3 Å². The number of β-lactam (4-membered cyclic amide) rings is 1. The molecule has 2 atom stereocenters. The first-order chi connectivity index (χ1) is 18.7. The van der Waals surface area contributed by atoms with E-state index in [9.17, 15) is 19.5 Å². The van der Waals surface area contributed by atoms with Gasteiger partial charge < -0.3 is 19.9 Å². The number of thioether (sulfide) groups is 1. The predicted octanol–water partition coefficient (Wildman–Crippen LogP) is 5.86. The molecule has 1 aromatic heterocycles. The van der Waals surface area contributed by atoms with Crippen molar-refractivity contribution < 1.29 is 29.0 Å². The molecule has 2 amide bonds. The fraction of sp³-hybridized carbons (Fsp3) is 0.192. The van der Waals surface area contributed by atoms with Gasteiger partial charge >= 0.3 is 5.97 Å². The van der Waals surface area contributed by atoms with Crippen LogP contribution in [0.5, 0.6) is 17.2 Å². The second kappa shape index (κ2) is 11.7. The minimum absolute atomic E-state index is 0.133. The molecule has 0 radical (unpaired) electrons. The van der Waals surface area contributed by atoms with Crippen molar-refractivity contribution in [1.82, 2.24) is 10.2 Å². The normalized spacial score (nSPS) is 18.3. The van der Waals surface area contributed by atoms with Crippen LogP contribution in [-0.4, -0.2) is 51.6 Å². The van der Waals surface area contributed by atoms with Crippen LogP contribution in [0, 0.1) is 0 Å². The Kier molecular flexibility index (Phi) is 8.29. The zero-order valence-electron chi connectivity index (χ0n) is 19.9. The van der Waals surface area contributed by atoms with Gasteiger partial charge in [-0.05, 0) is 41.8 Å². The third kappa shape index (κ3) is 5.85. The summed E-state index contributed by atoms with van der Waals surface area (Å²) in [5, 5.41) is 15.0. The number of carboxylic acid groups (broad SMARTS) is 1. The molecule has 0 bridgehead atoms. The third-order valence-corrected chi connectivity index (χ3v) is 8.96. The highest BCUT2D eigenvalue weighted by molar-refractivity contribution is 8.00. The summed E-state index contributed by atoms with van der Waals surface area (Å²) in [6.45, 7) is -0.133. The Hall–Kier alpha value is -2.89. The van der Waals surface area contributed by atoms with Gasteiger partial charge in [0.25, 0.3) is 5.91 Å². The standard InChI is InChI=1S/C26H19Cl3N2O6S2/c27-14-6-7-18(17(29)9-14)37-23-16(28)4-1-5-19(23)36-11-13-12-39-25-21(24(33)31(25)22(13)26(34)35)30-20(32)10-15-3-2-8-38-15/h1-9,21,25H,10-12H2,(H,30,32)(H,34,35)/t21?,25-/m0/s1. The molecule has 39 heavy (non-hydrogen) atoms. The van der Waals surface area contributed by atoms with Gasteiger partial charge in [-0.3, -0.25) is 14.5 Å². The molecule has 2 aromatic carbocycles. The second-order valence-electron chi connectivity index (χ2n) is 8.50. The maximum atomic E-state index is 12.9. The van der Waals surface area contributed by atoms with Gasteiger partial charge in [0.15, 0.2) is 11.5 Å². The lowest BCUT2D eigenvalue weighted by Gasteiger charge is -2.49. The van der Waals surface area contributed by atoms with Gasteiger partial charge in [0.2, 0.25) is 5.91 Å². The Morgan fingerprint density at radius 3 is 2.62 bits per heavy atom. The number of hydrogen-bond acceptors (Lipinski definition) is 7. The Labute approximate surface area is 246 Å². The average molecular weight is 626 g/mol. The number of nitrogens with zero attached hydrogens (tertiary/aromatic N) is 1. The minimum atomic E-state index is -1.26. The number of rotatable bonds is 9. The van der Waals surface area contributed by atoms with Crippen molar-refractivity contribution >= 4 is 75.7 Å². The van der Waals surface area contributed by atoms with E-state index >= 15 is 0 Å². The lowest BCUT2D eigenvalue weighted by molar-refractivity contribution is -0.150. The number of carboxylic acids is 1. The molecule has 0 saturated carbocycles. The monoisotopic (exact) mass is 624 g/mol. The van der Waals surface area contributed by atoms with Gasteiger partial charge in [-0.15, -0.1) is 23.1 Å². The topological polar surface area (TPSA) is 105 Å². The fourth-order valence-electron chi connectivity index (χ4n) is 4.12. The molecular weight excluding hydrogens is 607 g/mol. The van der Waals surface area contributed by atoms with Crippen molar-refractivity contribution in [3.63, 3.8) is 0 Å². The van der Waals surface area contributed by atoms with Crippen LogP contribution < -0.4 is 14.8 Å². The quantitative estimate of drug-likeness (QED) is 0.287. The zero-order valence-corrected chi connectivity index (χ0v) is 23.8. The number of halogens is 3. The summed E-state index contributed by atoms with van der Waals surface area (Å²) >= 11 is 21.4. The van der Waals surface area contributed by atoms with E-state index in [1.54, 1.807) is 30.3 Å². The molecule has 1 unspecified atom stereocenters. The molecule has 1 fully saturated rings. The molecule has 2 aliphatic heterocycles. The maximum absolute atomic E-state index is 12.9. The number of amides is 2. The first-order valence-corrected chi connectivity index (χ1v) is 14.5. The van der Waals surface area contributed by atoms with Crippen molar-refractivity contribution in [2.24, 2.45) is 0 Å². The number of benzene rings is 2. The van der Waals surface area contributed by atoms with E-state index in [4.69, 9.17) is 44.3 Å². The van der Waals surface area contributed by atoms with Crippen LogP contribution in [0.2, 0.25) is 15.1 Å². The number of para-hydroxylation sites is 1. The Balaban J connectivity index is 1.31. The summed E-state index contributed by atoms with van der Waals surface area (Å²) in [4.78, 5) is 39.6. The largest absolute Gasteiger partial charge is 0.485 e. The number of carbonyl (C=O) groups is 3. The summed E-state index contributed by atoms with van der Waals surface area (Å²) in [5.74, 6) is -0.994. The van der Waals surface area contributed by atoms with Gasteiger partial charge in [0.05, 0.1) is 16.5 Å². The van der Waals surface area contributed by atoms with Crippen LogP contribution in [0.4, 0.5) is 0 Å². The van der Waals surface area contributed by atoms with Crippen molar-refractivity contribution in [3.8, 4) is 17.2 Å². The van der Waals surface area contributed by atoms with Crippen molar-refractivity contribution in [1.29, 1.82) is 0 Å². The van der Waals surface area contributed by atoms with Crippen molar-refractivity contribution in [3.05, 3.63) is 85.1 Å². The summed E-state index contributed by atoms with van der Waals surface area (Å²) in [7, 11) is 0. The van der Waals surface area contributed by atoms with Crippen molar-refractivity contribution in [2.45, 2.75) is 17.8 Å². The lowest BCUT2D eigenvalue weighted by atomic mass is 10.0. The van der Waals surface area contributed by atoms with Crippen LogP contribution in [-0.2, 0) is 20.8 Å². The summed E-state index contributed by atoms with van der Waals surface area (Å²) in [6.07, 6.45) is 0.158. The molecule has 1 saturated heterocycles. The van der Waals surface area contributed by atoms with E-state index < -0.39 is 23.3 Å². The molecule has 202 valence electrons. The first kappa shape index (κ1) is 27.7. The Morgan fingerprint density at radius 1 is 1.08 bits per heavy atom. The number of aliphatic carboxylic acids is 1. The Morgan fingerprint density at radius 2 is 1.90 bits per heavy atom. The van der Waals surface area contributed by atoms with Gasteiger partial charge in [0, 0.05) is 21.2 Å². The van der Waals surface area contributed by atoms with Gasteiger partial charge in [-0.25, -0.2) is 4.79 Å². The van der Waals surface area contributed by atoms with E-state index in [-0.39, 0.29) is 51.9 Å². The van der Waals surface area contributed by atoms with Crippen LogP contribution >= 0.6 is 57.9 Å². The molecule has 3 heterocycles. The number of ether oxygens (including phenoxy) is 2. The molecule has 3 aromatic rings. The second-order valence-corrected chi connectivity index (χ2v) is 11.9. The number of hydrogen-bond donors (Lipinski definition) is 2. The van der Waals surface area contributed by atoms with Crippen molar-refractivity contribution in [2.75, 3.05) is 12.4 Å². The number of nitrogens with one attached hydrogen (secondary N) is 1. The zero-order chi connectivity index (χ0) is 27.7. The summed E-state index contributed by atoms with van der Waals surface area (Å²) in [5.41, 5.74) is 0.244. The van der Waals surface area contributed by atoms with E-state index in [0.717, 1.165) is 4.88 Å². The van der Waals surface area contributed by atoms with E-state index in [2.05, 4.69) is 5.32 Å². The molecule has 2 aliphatic rings. The molecule has 8 nitrogen and oxygen atoms in total. The SMILES string of the molecule is O=C(Cc1cccs1)NC1C(=O)N2C(C(=O)O)=C(COc3cccc(Cl)c3Oc3ccc(Cl)cc3Cl)CS[C@@H]12. The van der Waals surface area contributed by atoms with Gasteiger partial charge in [-0.1, -0.05) is 46.9 Å². The van der Waals surface area contributed by atoms with E-state index in [1.165, 1.54) is 34.1 Å². The highest BCUT2D eigenvalue weighted by atomic mass is 35.5. The summed E-state index contributed by atoms with van der Waals surface area (Å²) in [6, 6.07) is 12.5. The smallest absolute Gasteiger partial charge is 0.352 e. The van der Waals surface area contributed by atoms with Crippen LogP contribution in [0.25, 0.3) is 0 Å². The van der Waals surface area contributed by atoms with Crippen LogP contribution in [0.3, 0.4) is 0 Å². The molecular formula is C26H19Cl3N2O6S2. The lowest BCUT2D eigenvalue weighted by Crippen LogP contribution is -2.70. The molecule has 2 N–H and O–H groups in total. The summed E-state index contributed by atoms with van der Waals surface area (Å²) < 4.78 is 11.9. The Bertz CT molecular complexity index is 1480. The van der Waals surface area contributed by atoms with Crippen LogP contribution in [0.15, 0.2) is 65.2 Å². The molecule has 5 rings (SSSR count). The number of fused-ring (bicyclic) bond motifs is 1. The maximum Gasteiger partial charge on any atom is 0.352 e. The highest BCUT2D eigenvalue weighted by Crippen LogP contribution is 2.43. The third-order valence-electron chi connectivity index (χ3n) is 5.92. The highest BCUT2D eigenvalue weighted by Gasteiger charge is 2.54. The molecule has 13 heteroatoms. The average Bonchev–Trinajstić information content (AvgIpc) is 3.41. The van der Waals surface area contributed by atoms with Gasteiger partial charge in [0.1, 0.15) is 29.5 Å². The first-order valence-electron chi connectivity index (χ1n) is 11.5. The molecule has 0 spiro atoms.